The first-order chi connectivity index (χ1) is 7.47. The molecule has 0 radical (unpaired) electrons. The van der Waals surface area contributed by atoms with Gasteiger partial charge in [0.25, 0.3) is 0 Å². The summed E-state index contributed by atoms with van der Waals surface area (Å²) < 4.78 is 24.4. The first-order valence-corrected chi connectivity index (χ1v) is 5.62. The van der Waals surface area contributed by atoms with Crippen molar-refractivity contribution in [2.45, 2.75) is 30.7 Å². The van der Waals surface area contributed by atoms with Crippen LogP contribution < -0.4 is 0 Å². The molecule has 1 fully saturated rings. The van der Waals surface area contributed by atoms with Gasteiger partial charge in [0.15, 0.2) is 6.29 Å². The molecule has 94 valence electrons. The van der Waals surface area contributed by atoms with Crippen LogP contribution in [-0.4, -0.2) is 64.6 Å². The van der Waals surface area contributed by atoms with E-state index < -0.39 is 45.6 Å². The van der Waals surface area contributed by atoms with E-state index in [0.29, 0.717) is 0 Å². The van der Waals surface area contributed by atoms with Gasteiger partial charge in [0.2, 0.25) is 0 Å². The smallest absolute Gasteiger partial charge is 0.387 e. The summed E-state index contributed by atoms with van der Waals surface area (Å²) in [7, 11) is -1.56. The highest BCUT2D eigenvalue weighted by molar-refractivity contribution is 7.32. The van der Waals surface area contributed by atoms with Crippen LogP contribution in [-0.2, 0) is 18.6 Å². The largest absolute Gasteiger partial charge is 0.694 e. The fourth-order valence-corrected chi connectivity index (χ4v) is 1.66. The number of methoxy groups -OCH3 is 1. The molecule has 1 aliphatic rings. The second kappa shape index (κ2) is 5.95. The quantitative estimate of drug-likeness (QED) is 0.430. The molecule has 0 bridgehead atoms. The topological polar surface area (TPSA) is 126 Å². The van der Waals surface area contributed by atoms with Gasteiger partial charge in [-0.25, -0.2) is 0 Å². The minimum absolute atomic E-state index is 0.392. The molecule has 4 N–H and O–H groups in total. The summed E-state index contributed by atoms with van der Waals surface area (Å²) in [6.45, 7) is -0.392. The maximum Gasteiger partial charge on any atom is 0.694 e. The van der Waals surface area contributed by atoms with Crippen LogP contribution in [0.1, 0.15) is 0 Å². The van der Waals surface area contributed by atoms with Gasteiger partial charge in [0.1, 0.15) is 31.0 Å². The van der Waals surface area contributed by atoms with Crippen molar-refractivity contribution < 1.29 is 38.8 Å². The highest BCUT2D eigenvalue weighted by Crippen LogP contribution is 2.24. The molecule has 0 aromatic rings. The van der Waals surface area contributed by atoms with Crippen LogP contribution in [0.3, 0.4) is 0 Å². The normalized spacial score (nSPS) is 40.8. The fraction of sp³-hybridized carbons (Fsp3) is 1.00. The molecular weight excluding hydrogens is 243 g/mol. The maximum atomic E-state index is 10.3. The van der Waals surface area contributed by atoms with E-state index in [4.69, 9.17) is 14.4 Å². The molecule has 0 amide bonds. The zero-order valence-corrected chi connectivity index (χ0v) is 9.36. The molecule has 1 aliphatic heterocycles. The number of hydrogen-bond donors (Lipinski definition) is 4. The summed E-state index contributed by atoms with van der Waals surface area (Å²) in [6, 6.07) is 0. The van der Waals surface area contributed by atoms with Gasteiger partial charge in [-0.1, -0.05) is 0 Å². The standard InChI is InChI=1S/C7H13O8P/c1-13-7-6(10)5(9)4(8)3(15-7)2-14-16(11)12/h3-10H,2H2,1H3/p+1/t3-,4-,5+,6+,7+/m1/s1. The Labute approximate surface area is 92.3 Å². The van der Waals surface area contributed by atoms with Crippen molar-refractivity contribution >= 4 is 8.25 Å². The second-order valence-corrected chi connectivity index (χ2v) is 4.02. The lowest BCUT2D eigenvalue weighted by Gasteiger charge is -2.38. The van der Waals surface area contributed by atoms with Crippen molar-refractivity contribution in [3.8, 4) is 0 Å². The SMILES string of the molecule is CO[C@H]1O[C@H](CO[P+](=O)O)[C@@H](O)[C@H](O)[C@@H]1O. The number of ether oxygens (including phenoxy) is 2. The molecule has 8 nitrogen and oxygen atoms in total. The highest BCUT2D eigenvalue weighted by atomic mass is 31.1. The predicted octanol–water partition coefficient (Wildman–Crippen LogP) is -1.89. The Bertz CT molecular complexity index is 247. The predicted molar refractivity (Wildman–Crippen MR) is 49.5 cm³/mol. The van der Waals surface area contributed by atoms with Crippen molar-refractivity contribution in [1.82, 2.24) is 0 Å². The van der Waals surface area contributed by atoms with Crippen molar-refractivity contribution in [2.24, 2.45) is 0 Å². The zero-order valence-electron chi connectivity index (χ0n) is 8.46. The third-order valence-corrected chi connectivity index (χ3v) is 2.62. The first-order valence-electron chi connectivity index (χ1n) is 4.49. The Morgan fingerprint density at radius 1 is 1.25 bits per heavy atom. The molecule has 0 spiro atoms. The highest BCUT2D eigenvalue weighted by Gasteiger charge is 2.44. The van der Waals surface area contributed by atoms with Gasteiger partial charge in [-0.3, -0.25) is 0 Å². The molecule has 0 aromatic heterocycles. The Balaban J connectivity index is 2.60. The third kappa shape index (κ3) is 3.16. The molecular formula is C7H14O8P+. The van der Waals surface area contributed by atoms with Crippen LogP contribution in [0, 0.1) is 0 Å². The van der Waals surface area contributed by atoms with E-state index in [1.54, 1.807) is 0 Å². The summed E-state index contributed by atoms with van der Waals surface area (Å²) in [4.78, 5) is 8.42. The number of aliphatic hydroxyl groups is 3. The van der Waals surface area contributed by atoms with E-state index >= 15 is 0 Å². The summed E-state index contributed by atoms with van der Waals surface area (Å²) in [5.41, 5.74) is 0. The van der Waals surface area contributed by atoms with Crippen molar-refractivity contribution in [2.75, 3.05) is 13.7 Å². The Morgan fingerprint density at radius 2 is 1.88 bits per heavy atom. The Morgan fingerprint density at radius 3 is 2.38 bits per heavy atom. The molecule has 9 heteroatoms. The third-order valence-electron chi connectivity index (χ3n) is 2.25. The van der Waals surface area contributed by atoms with Gasteiger partial charge in [0, 0.05) is 11.7 Å². The average molecular weight is 257 g/mol. The first kappa shape index (κ1) is 13.9. The lowest BCUT2D eigenvalue weighted by molar-refractivity contribution is -0.293. The van der Waals surface area contributed by atoms with Crippen LogP contribution >= 0.6 is 8.25 Å². The van der Waals surface area contributed by atoms with Gasteiger partial charge in [-0.15, -0.1) is 9.42 Å². The Hall–Kier alpha value is -0.180. The molecule has 1 rings (SSSR count). The molecule has 1 heterocycles. The summed E-state index contributed by atoms with van der Waals surface area (Å²) in [5, 5.41) is 28.3. The van der Waals surface area contributed by atoms with Gasteiger partial charge in [-0.2, -0.15) is 0 Å². The van der Waals surface area contributed by atoms with Gasteiger partial charge >= 0.3 is 8.25 Å². The minimum atomic E-state index is -2.81. The maximum absolute atomic E-state index is 10.3. The number of aliphatic hydroxyl groups excluding tert-OH is 3. The summed E-state index contributed by atoms with van der Waals surface area (Å²) >= 11 is 0. The molecule has 1 saturated heterocycles. The van der Waals surface area contributed by atoms with Gasteiger partial charge in [-0.05, 0) is 0 Å². The monoisotopic (exact) mass is 257 g/mol. The minimum Gasteiger partial charge on any atom is -0.387 e. The lowest BCUT2D eigenvalue weighted by atomic mass is 9.99. The summed E-state index contributed by atoms with van der Waals surface area (Å²) in [6.07, 6.45) is -6.45. The molecule has 6 atom stereocenters. The molecule has 0 aromatic carbocycles. The molecule has 16 heavy (non-hydrogen) atoms. The van der Waals surface area contributed by atoms with E-state index in [1.807, 2.05) is 0 Å². The number of hydrogen-bond acceptors (Lipinski definition) is 7. The van der Waals surface area contributed by atoms with Crippen LogP contribution in [0.2, 0.25) is 0 Å². The fourth-order valence-electron chi connectivity index (χ4n) is 1.39. The van der Waals surface area contributed by atoms with Gasteiger partial charge in [0.05, 0.1) is 0 Å². The molecule has 0 saturated carbocycles. The summed E-state index contributed by atoms with van der Waals surface area (Å²) in [5.74, 6) is 0. The van der Waals surface area contributed by atoms with Crippen molar-refractivity contribution in [1.29, 1.82) is 0 Å². The van der Waals surface area contributed by atoms with Crippen LogP contribution in [0.25, 0.3) is 0 Å². The average Bonchev–Trinajstić information content (AvgIpc) is 2.25. The van der Waals surface area contributed by atoms with E-state index in [2.05, 4.69) is 4.52 Å². The van der Waals surface area contributed by atoms with Gasteiger partial charge < -0.3 is 24.8 Å². The van der Waals surface area contributed by atoms with Crippen LogP contribution in [0.15, 0.2) is 0 Å². The van der Waals surface area contributed by atoms with E-state index in [-0.39, 0.29) is 0 Å². The lowest BCUT2D eigenvalue weighted by Crippen LogP contribution is -2.59. The number of rotatable bonds is 4. The zero-order chi connectivity index (χ0) is 12.3. The van der Waals surface area contributed by atoms with E-state index in [0.717, 1.165) is 0 Å². The second-order valence-electron chi connectivity index (χ2n) is 3.28. The van der Waals surface area contributed by atoms with Crippen LogP contribution in [0.5, 0.6) is 0 Å². The van der Waals surface area contributed by atoms with E-state index in [1.165, 1.54) is 7.11 Å². The molecule has 0 aliphatic carbocycles. The van der Waals surface area contributed by atoms with Crippen molar-refractivity contribution in [3.63, 3.8) is 0 Å². The van der Waals surface area contributed by atoms with E-state index in [9.17, 15) is 19.9 Å². The van der Waals surface area contributed by atoms with Crippen molar-refractivity contribution in [3.05, 3.63) is 0 Å². The molecule has 1 unspecified atom stereocenters. The van der Waals surface area contributed by atoms with Crippen LogP contribution in [0.4, 0.5) is 0 Å². The Kier molecular flexibility index (Phi) is 5.16.